The average molecular weight is 843 g/mol. The maximum Gasteiger partial charge on any atom is 0.157 e. The van der Waals surface area contributed by atoms with Crippen LogP contribution in [0.4, 0.5) is 11.6 Å². The van der Waals surface area contributed by atoms with E-state index in [-0.39, 0.29) is 0 Å². The van der Waals surface area contributed by atoms with Crippen LogP contribution in [0.1, 0.15) is 68.5 Å². The van der Waals surface area contributed by atoms with Crippen molar-refractivity contribution in [3.8, 4) is 12.1 Å². The molecule has 0 spiro atoms. The van der Waals surface area contributed by atoms with Gasteiger partial charge in [0.05, 0.1) is 33.2 Å². The largest absolute Gasteiger partial charge is 0.355 e. The van der Waals surface area contributed by atoms with Gasteiger partial charge in [0.2, 0.25) is 0 Å². The minimum atomic E-state index is 0.773. The molecule has 0 radical (unpaired) electrons. The SMILES string of the molecule is Cc1cc2nc3c(C#N)c4c(c(N5CCN(Cc6ccccc6)CC5)n3c2cc1C)CCC4.N#Cc1c2c(c(N3CCN(Cc4ccccc4)CC3)n3c1nc1ccccc13)CCC2. The molecule has 0 unspecified atom stereocenters. The first kappa shape index (κ1) is 40.1. The molecule has 4 aromatic carbocycles. The summed E-state index contributed by atoms with van der Waals surface area (Å²) in [4.78, 5) is 20.1. The van der Waals surface area contributed by atoms with Crippen LogP contribution >= 0.6 is 0 Å². The Hall–Kier alpha value is -6.72. The van der Waals surface area contributed by atoms with Crippen molar-refractivity contribution in [2.45, 2.75) is 65.5 Å². The fourth-order valence-corrected chi connectivity index (χ4v) is 11.0. The highest BCUT2D eigenvalue weighted by Gasteiger charge is 2.32. The van der Waals surface area contributed by atoms with Gasteiger partial charge in [0.15, 0.2) is 11.3 Å². The Bertz CT molecular complexity index is 3140. The number of pyridine rings is 2. The Morgan fingerprint density at radius 2 is 0.922 bits per heavy atom. The van der Waals surface area contributed by atoms with Crippen molar-refractivity contribution < 1.29 is 0 Å². The maximum atomic E-state index is 10.1. The summed E-state index contributed by atoms with van der Waals surface area (Å²) in [5, 5.41) is 20.1. The maximum absolute atomic E-state index is 10.1. The second kappa shape index (κ2) is 16.8. The highest BCUT2D eigenvalue weighted by Crippen LogP contribution is 2.40. The lowest BCUT2D eigenvalue weighted by atomic mass is 10.0. The molecule has 10 nitrogen and oxygen atoms in total. The minimum Gasteiger partial charge on any atom is -0.355 e. The van der Waals surface area contributed by atoms with Gasteiger partial charge in [-0.25, -0.2) is 9.97 Å². The van der Waals surface area contributed by atoms with Crippen LogP contribution in [-0.2, 0) is 38.8 Å². The Labute approximate surface area is 375 Å². The quantitative estimate of drug-likeness (QED) is 0.164. The van der Waals surface area contributed by atoms with Crippen LogP contribution in [0.5, 0.6) is 0 Å². The molecule has 12 rings (SSSR count). The third kappa shape index (κ3) is 7.02. The summed E-state index contributed by atoms with van der Waals surface area (Å²) in [6, 6.07) is 39.2. The fourth-order valence-electron chi connectivity index (χ4n) is 11.0. The standard InChI is InChI=1S/C28H29N5.C26H25N5/c1-19-15-25-26(16-20(19)2)33-27(30-25)24(17-29)22-9-6-10-23(22)28(33)32-13-11-31(12-14-32)18-21-7-4-3-5-8-21;27-17-22-20-9-6-10-21(20)26(31-24-12-5-4-11-23(24)28-25(22)31)30-15-13-29(14-16-30)18-19-7-2-1-3-8-19/h3-5,7-8,15-16H,6,9-14,18H2,1-2H3;1-5,7-8,11-12H,6,9-10,13-16,18H2. The molecule has 0 amide bonds. The van der Waals surface area contributed by atoms with Crippen molar-refractivity contribution in [2.24, 2.45) is 0 Å². The number of nitriles is 2. The molecule has 64 heavy (non-hydrogen) atoms. The molecule has 2 aliphatic carbocycles. The Morgan fingerprint density at radius 1 is 0.484 bits per heavy atom. The number of para-hydroxylation sites is 2. The first-order valence-corrected chi connectivity index (χ1v) is 23.2. The highest BCUT2D eigenvalue weighted by atomic mass is 15.3. The number of anilines is 2. The van der Waals surface area contributed by atoms with E-state index >= 15 is 0 Å². The van der Waals surface area contributed by atoms with Gasteiger partial charge in [-0.1, -0.05) is 72.8 Å². The van der Waals surface area contributed by atoms with E-state index in [4.69, 9.17) is 9.97 Å². The van der Waals surface area contributed by atoms with Crippen molar-refractivity contribution in [2.75, 3.05) is 62.2 Å². The van der Waals surface area contributed by atoms with E-state index in [2.05, 4.69) is 145 Å². The number of hydrogen-bond acceptors (Lipinski definition) is 8. The van der Waals surface area contributed by atoms with Crippen molar-refractivity contribution in [3.63, 3.8) is 0 Å². The number of fused-ring (bicyclic) bond motifs is 8. The first-order valence-electron chi connectivity index (χ1n) is 23.2. The fraction of sp³-hybridized carbons (Fsp3) is 0.333. The van der Waals surface area contributed by atoms with Gasteiger partial charge in [0.1, 0.15) is 23.8 Å². The molecule has 0 saturated carbocycles. The van der Waals surface area contributed by atoms with Gasteiger partial charge in [0.25, 0.3) is 0 Å². The molecule has 10 heteroatoms. The summed E-state index contributed by atoms with van der Waals surface area (Å²) in [6.07, 6.45) is 6.30. The third-order valence-corrected chi connectivity index (χ3v) is 14.3. The van der Waals surface area contributed by atoms with E-state index in [1.54, 1.807) is 0 Å². The molecular formula is C54H54N10. The van der Waals surface area contributed by atoms with E-state index in [9.17, 15) is 10.5 Å². The Balaban J connectivity index is 0.000000143. The lowest BCUT2D eigenvalue weighted by Crippen LogP contribution is -2.46. The lowest BCUT2D eigenvalue weighted by Gasteiger charge is -2.37. The number of rotatable bonds is 6. The van der Waals surface area contributed by atoms with Crippen LogP contribution in [0.15, 0.2) is 97.1 Å². The number of benzene rings is 4. The first-order chi connectivity index (χ1) is 31.5. The number of aryl methyl sites for hydroxylation is 2. The summed E-state index contributed by atoms with van der Waals surface area (Å²) in [6.45, 7) is 14.4. The summed E-state index contributed by atoms with van der Waals surface area (Å²) in [5.41, 5.74) is 17.8. The monoisotopic (exact) mass is 842 g/mol. The van der Waals surface area contributed by atoms with Crippen molar-refractivity contribution in [1.29, 1.82) is 10.5 Å². The molecule has 0 N–H and O–H groups in total. The number of nitrogens with zero attached hydrogens (tertiary/aromatic N) is 10. The summed E-state index contributed by atoms with van der Waals surface area (Å²) in [5.74, 6) is 2.55. The summed E-state index contributed by atoms with van der Waals surface area (Å²) in [7, 11) is 0. The number of imidazole rings is 2. The number of piperazine rings is 2. The predicted molar refractivity (Wildman–Crippen MR) is 256 cm³/mol. The van der Waals surface area contributed by atoms with Crippen LogP contribution in [0.2, 0.25) is 0 Å². The lowest BCUT2D eigenvalue weighted by molar-refractivity contribution is 0.249. The molecule has 2 saturated heterocycles. The Morgan fingerprint density at radius 3 is 1.44 bits per heavy atom. The van der Waals surface area contributed by atoms with Crippen LogP contribution in [-0.4, -0.2) is 80.9 Å². The topological polar surface area (TPSA) is 95.1 Å². The average Bonchev–Trinajstić information content (AvgIpc) is 4.16. The molecule has 0 bridgehead atoms. The van der Waals surface area contributed by atoms with Crippen LogP contribution in [0.3, 0.4) is 0 Å². The van der Waals surface area contributed by atoms with E-state index in [1.807, 2.05) is 6.07 Å². The van der Waals surface area contributed by atoms with Crippen LogP contribution < -0.4 is 9.80 Å². The molecule has 2 aliphatic heterocycles. The second-order valence-corrected chi connectivity index (χ2v) is 18.2. The van der Waals surface area contributed by atoms with Crippen molar-refractivity contribution >= 4 is 45.0 Å². The Kier molecular flexibility index (Phi) is 10.5. The molecule has 4 aromatic heterocycles. The van der Waals surface area contributed by atoms with Gasteiger partial charge in [-0.3, -0.25) is 18.6 Å². The van der Waals surface area contributed by atoms with Gasteiger partial charge in [-0.15, -0.1) is 0 Å². The second-order valence-electron chi connectivity index (χ2n) is 18.2. The third-order valence-electron chi connectivity index (χ3n) is 14.3. The van der Waals surface area contributed by atoms with Crippen molar-refractivity contribution in [3.05, 3.63) is 153 Å². The smallest absolute Gasteiger partial charge is 0.157 e. The molecule has 2 fully saturated rings. The van der Waals surface area contributed by atoms with E-state index in [0.29, 0.717) is 0 Å². The van der Waals surface area contributed by atoms with E-state index in [1.165, 1.54) is 56.1 Å². The minimum absolute atomic E-state index is 0.773. The predicted octanol–water partition coefficient (Wildman–Crippen LogP) is 8.96. The molecule has 4 aliphatic rings. The normalized spacial score (nSPS) is 16.6. The van der Waals surface area contributed by atoms with E-state index in [0.717, 1.165) is 148 Å². The molecular weight excluding hydrogens is 789 g/mol. The summed E-state index contributed by atoms with van der Waals surface area (Å²) < 4.78 is 4.57. The highest BCUT2D eigenvalue weighted by molar-refractivity contribution is 5.89. The zero-order valence-corrected chi connectivity index (χ0v) is 37.0. The molecule has 8 aromatic rings. The number of aromatic nitrogens is 4. The molecule has 320 valence electrons. The zero-order chi connectivity index (χ0) is 43.3. The molecule has 0 atom stereocenters. The van der Waals surface area contributed by atoms with Gasteiger partial charge in [-0.05, 0) is 121 Å². The van der Waals surface area contributed by atoms with Crippen molar-refractivity contribution in [1.82, 2.24) is 28.6 Å². The van der Waals surface area contributed by atoms with Crippen LogP contribution in [0.25, 0.3) is 33.4 Å². The number of hydrogen-bond donors (Lipinski definition) is 0. The van der Waals surface area contributed by atoms with Gasteiger partial charge < -0.3 is 9.80 Å². The van der Waals surface area contributed by atoms with Gasteiger partial charge >= 0.3 is 0 Å². The van der Waals surface area contributed by atoms with E-state index < -0.39 is 0 Å². The molecule has 6 heterocycles. The van der Waals surface area contributed by atoms with Gasteiger partial charge in [-0.2, -0.15) is 10.5 Å². The van der Waals surface area contributed by atoms with Crippen LogP contribution in [0, 0.1) is 36.5 Å². The van der Waals surface area contributed by atoms with Gasteiger partial charge in [0, 0.05) is 65.4 Å². The zero-order valence-electron chi connectivity index (χ0n) is 37.0. The summed E-state index contributed by atoms with van der Waals surface area (Å²) >= 11 is 0.